The normalized spacial score (nSPS) is 11.1. The van der Waals surface area contributed by atoms with E-state index in [-0.39, 0.29) is 24.7 Å². The molecule has 2 aromatic carbocycles. The van der Waals surface area contributed by atoms with Crippen LogP contribution in [0.15, 0.2) is 66.9 Å². The summed E-state index contributed by atoms with van der Waals surface area (Å²) >= 11 is 0. The van der Waals surface area contributed by atoms with Crippen LogP contribution in [0.25, 0.3) is 0 Å². The third-order valence-electron chi connectivity index (χ3n) is 5.24. The van der Waals surface area contributed by atoms with Gasteiger partial charge in [0.2, 0.25) is 0 Å². The Kier molecular flexibility index (Phi) is 10.4. The summed E-state index contributed by atoms with van der Waals surface area (Å²) in [5.74, 6) is 0.0927. The van der Waals surface area contributed by atoms with Gasteiger partial charge >= 0.3 is 5.97 Å². The molecule has 0 radical (unpaired) electrons. The number of aromatic nitrogens is 1. The Labute approximate surface area is 206 Å². The minimum atomic E-state index is -1.07. The molecule has 0 fully saturated rings. The van der Waals surface area contributed by atoms with Gasteiger partial charge in [0.25, 0.3) is 5.91 Å². The van der Waals surface area contributed by atoms with Crippen LogP contribution in [0, 0.1) is 13.8 Å². The standard InChI is InChI=1S/C26H29N3O4.ClH/c1-18-7-5-8-19(2)24(18)25(30)29-22(26(31)32)17-20-10-12-21(13-11-20)33-16-6-15-28-23-9-3-4-14-27-23;/h3-5,7-14,22H,6,15-17H2,1-2H3,(H,27,28)(H,29,30)(H,31,32);1H/t22-;/m0./s1. The maximum absolute atomic E-state index is 12.7. The van der Waals surface area contributed by atoms with Crippen molar-refractivity contribution in [2.45, 2.75) is 32.7 Å². The van der Waals surface area contributed by atoms with Crippen LogP contribution < -0.4 is 15.4 Å². The molecule has 0 aliphatic heterocycles. The van der Waals surface area contributed by atoms with Crippen LogP contribution in [-0.4, -0.2) is 41.2 Å². The van der Waals surface area contributed by atoms with E-state index in [0.29, 0.717) is 17.9 Å². The van der Waals surface area contributed by atoms with Crippen molar-refractivity contribution in [3.05, 3.63) is 89.1 Å². The molecule has 180 valence electrons. The van der Waals surface area contributed by atoms with Gasteiger partial charge in [0.15, 0.2) is 0 Å². The molecule has 8 heteroatoms. The first-order valence-corrected chi connectivity index (χ1v) is 10.9. The van der Waals surface area contributed by atoms with Crippen LogP contribution in [0.4, 0.5) is 5.82 Å². The number of nitrogens with one attached hydrogen (secondary N) is 2. The van der Waals surface area contributed by atoms with Gasteiger partial charge in [-0.2, -0.15) is 0 Å². The smallest absolute Gasteiger partial charge is 0.326 e. The summed E-state index contributed by atoms with van der Waals surface area (Å²) in [5, 5.41) is 15.5. The van der Waals surface area contributed by atoms with Crippen LogP contribution in [0.2, 0.25) is 0 Å². The first kappa shape index (κ1) is 26.7. The molecule has 7 nitrogen and oxygen atoms in total. The predicted molar refractivity (Wildman–Crippen MR) is 135 cm³/mol. The molecular weight excluding hydrogens is 454 g/mol. The maximum Gasteiger partial charge on any atom is 0.326 e. The maximum atomic E-state index is 12.7. The molecule has 3 N–H and O–H groups in total. The van der Waals surface area contributed by atoms with Gasteiger partial charge in [-0.3, -0.25) is 4.79 Å². The van der Waals surface area contributed by atoms with E-state index in [1.807, 2.05) is 74.5 Å². The molecule has 1 atom stereocenters. The molecule has 34 heavy (non-hydrogen) atoms. The second-order valence-corrected chi connectivity index (χ2v) is 7.82. The van der Waals surface area contributed by atoms with Crippen molar-refractivity contribution in [1.29, 1.82) is 0 Å². The molecule has 0 bridgehead atoms. The molecule has 0 spiro atoms. The predicted octanol–water partition coefficient (Wildman–Crippen LogP) is 4.43. The summed E-state index contributed by atoms with van der Waals surface area (Å²) in [4.78, 5) is 28.7. The summed E-state index contributed by atoms with van der Waals surface area (Å²) < 4.78 is 5.75. The highest BCUT2D eigenvalue weighted by atomic mass is 35.5. The quantitative estimate of drug-likeness (QED) is 0.349. The van der Waals surface area contributed by atoms with Crippen molar-refractivity contribution in [3.63, 3.8) is 0 Å². The Hall–Kier alpha value is -3.58. The first-order valence-electron chi connectivity index (χ1n) is 10.9. The zero-order valence-electron chi connectivity index (χ0n) is 19.3. The lowest BCUT2D eigenvalue weighted by atomic mass is 10.0. The Morgan fingerprint density at radius 3 is 2.32 bits per heavy atom. The monoisotopic (exact) mass is 483 g/mol. The van der Waals surface area contributed by atoms with E-state index in [0.717, 1.165) is 35.5 Å². The van der Waals surface area contributed by atoms with Gasteiger partial charge in [-0.25, -0.2) is 9.78 Å². The highest BCUT2D eigenvalue weighted by Gasteiger charge is 2.22. The van der Waals surface area contributed by atoms with E-state index >= 15 is 0 Å². The highest BCUT2D eigenvalue weighted by Crippen LogP contribution is 2.16. The van der Waals surface area contributed by atoms with Gasteiger partial charge in [0.1, 0.15) is 17.6 Å². The Morgan fingerprint density at radius 1 is 1.00 bits per heavy atom. The molecular formula is C26H30ClN3O4. The van der Waals surface area contributed by atoms with Crippen molar-refractivity contribution in [2.75, 3.05) is 18.5 Å². The molecule has 1 heterocycles. The van der Waals surface area contributed by atoms with Crippen LogP contribution in [0.5, 0.6) is 5.75 Å². The number of aliphatic carboxylic acids is 1. The molecule has 0 aliphatic rings. The van der Waals surface area contributed by atoms with Gasteiger partial charge in [-0.1, -0.05) is 36.4 Å². The van der Waals surface area contributed by atoms with Crippen LogP contribution >= 0.6 is 12.4 Å². The average molecular weight is 484 g/mol. The zero-order valence-corrected chi connectivity index (χ0v) is 20.1. The van der Waals surface area contributed by atoms with Gasteiger partial charge in [0.05, 0.1) is 6.61 Å². The van der Waals surface area contributed by atoms with Crippen molar-refractivity contribution < 1.29 is 19.4 Å². The SMILES string of the molecule is Cc1cccc(C)c1C(=O)N[C@@H](Cc1ccc(OCCCNc2ccccn2)cc1)C(=O)O.Cl. The number of carbonyl (C=O) groups is 2. The second kappa shape index (κ2) is 13.2. The Balaban J connectivity index is 0.00000408. The summed E-state index contributed by atoms with van der Waals surface area (Å²) in [6.45, 7) is 4.97. The summed E-state index contributed by atoms with van der Waals surface area (Å²) in [5.41, 5.74) is 2.94. The number of carboxylic acids is 1. The number of carboxylic acid groups (broad SMARTS) is 1. The number of anilines is 1. The Bertz CT molecular complexity index is 1050. The number of halogens is 1. The first-order chi connectivity index (χ1) is 15.9. The van der Waals surface area contributed by atoms with Crippen molar-refractivity contribution >= 4 is 30.1 Å². The summed E-state index contributed by atoms with van der Waals surface area (Å²) in [6, 6.07) is 17.5. The lowest BCUT2D eigenvalue weighted by Crippen LogP contribution is -2.42. The number of carbonyl (C=O) groups excluding carboxylic acids is 1. The average Bonchev–Trinajstić information content (AvgIpc) is 2.80. The molecule has 0 aliphatic carbocycles. The van der Waals surface area contributed by atoms with Crippen molar-refractivity contribution in [3.8, 4) is 5.75 Å². The highest BCUT2D eigenvalue weighted by molar-refractivity contribution is 5.99. The van der Waals surface area contributed by atoms with Crippen LogP contribution in [-0.2, 0) is 11.2 Å². The summed E-state index contributed by atoms with van der Waals surface area (Å²) in [6.07, 6.45) is 2.73. The molecule has 1 amide bonds. The lowest BCUT2D eigenvalue weighted by molar-refractivity contribution is -0.139. The number of aryl methyl sites for hydroxylation is 2. The van der Waals surface area contributed by atoms with Crippen LogP contribution in [0.1, 0.15) is 33.5 Å². The van der Waals surface area contributed by atoms with Gasteiger partial charge in [0, 0.05) is 24.7 Å². The third-order valence-corrected chi connectivity index (χ3v) is 5.24. The van der Waals surface area contributed by atoms with E-state index in [1.54, 1.807) is 6.20 Å². The third kappa shape index (κ3) is 7.78. The number of amides is 1. The van der Waals surface area contributed by atoms with E-state index in [9.17, 15) is 14.7 Å². The summed E-state index contributed by atoms with van der Waals surface area (Å²) in [7, 11) is 0. The van der Waals surface area contributed by atoms with Crippen LogP contribution in [0.3, 0.4) is 0 Å². The van der Waals surface area contributed by atoms with Gasteiger partial charge in [-0.15, -0.1) is 12.4 Å². The Morgan fingerprint density at radius 2 is 1.71 bits per heavy atom. The molecule has 0 saturated heterocycles. The number of rotatable bonds is 11. The lowest BCUT2D eigenvalue weighted by Gasteiger charge is -2.17. The minimum Gasteiger partial charge on any atom is -0.494 e. The van der Waals surface area contributed by atoms with E-state index in [1.165, 1.54) is 0 Å². The molecule has 3 rings (SSSR count). The van der Waals surface area contributed by atoms with Crippen molar-refractivity contribution in [2.24, 2.45) is 0 Å². The number of pyridine rings is 1. The molecule has 3 aromatic rings. The largest absolute Gasteiger partial charge is 0.494 e. The van der Waals surface area contributed by atoms with Gasteiger partial charge < -0.3 is 20.5 Å². The zero-order chi connectivity index (χ0) is 23.6. The van der Waals surface area contributed by atoms with E-state index in [2.05, 4.69) is 15.6 Å². The van der Waals surface area contributed by atoms with Gasteiger partial charge in [-0.05, 0) is 61.2 Å². The number of ether oxygens (including phenoxy) is 1. The molecule has 1 aromatic heterocycles. The topological polar surface area (TPSA) is 101 Å². The number of hydrogen-bond donors (Lipinski definition) is 3. The fraction of sp³-hybridized carbons (Fsp3) is 0.269. The fourth-order valence-corrected chi connectivity index (χ4v) is 3.51. The number of nitrogens with zero attached hydrogens (tertiary/aromatic N) is 1. The molecule has 0 saturated carbocycles. The van der Waals surface area contributed by atoms with Crippen molar-refractivity contribution in [1.82, 2.24) is 10.3 Å². The minimum absolute atomic E-state index is 0. The number of benzene rings is 2. The molecule has 0 unspecified atom stereocenters. The number of hydrogen-bond acceptors (Lipinski definition) is 5. The van der Waals surface area contributed by atoms with E-state index in [4.69, 9.17) is 4.74 Å². The second-order valence-electron chi connectivity index (χ2n) is 7.82. The fourth-order valence-electron chi connectivity index (χ4n) is 3.51. The van der Waals surface area contributed by atoms with E-state index < -0.39 is 12.0 Å².